The number of halogens is 1. The van der Waals surface area contributed by atoms with E-state index in [9.17, 15) is 0 Å². The molecule has 0 atom stereocenters. The van der Waals surface area contributed by atoms with E-state index in [2.05, 4.69) is 48.9 Å². The first-order valence-corrected chi connectivity index (χ1v) is 7.23. The normalized spacial score (nSPS) is 10.7. The Labute approximate surface area is 125 Å². The largest absolute Gasteiger partial charge is 0.329 e. The van der Waals surface area contributed by atoms with Crippen LogP contribution in [0.4, 0.5) is 11.5 Å². The lowest BCUT2D eigenvalue weighted by molar-refractivity contribution is 0.831. The molecule has 0 aliphatic rings. The molecule has 2 rings (SSSR count). The molecule has 1 aromatic carbocycles. The van der Waals surface area contributed by atoms with Crippen LogP contribution in [-0.4, -0.2) is 17.0 Å². The molecule has 0 aliphatic carbocycles. The predicted octanol–water partition coefficient (Wildman–Crippen LogP) is 4.47. The molecular formula is C16H20ClN3. The molecule has 0 saturated heterocycles. The van der Waals surface area contributed by atoms with Crippen molar-refractivity contribution in [1.82, 2.24) is 9.97 Å². The molecule has 0 amide bonds. The summed E-state index contributed by atoms with van der Waals surface area (Å²) in [6.45, 7) is 6.30. The highest BCUT2D eigenvalue weighted by Gasteiger charge is 2.10. The summed E-state index contributed by atoms with van der Waals surface area (Å²) >= 11 is 6.10. The van der Waals surface area contributed by atoms with Gasteiger partial charge in [0.1, 0.15) is 16.8 Å². The number of nitrogens with zero attached hydrogens (tertiary/aromatic N) is 3. The third kappa shape index (κ3) is 3.48. The van der Waals surface area contributed by atoms with Crippen molar-refractivity contribution in [1.29, 1.82) is 0 Å². The molecule has 0 spiro atoms. The molecule has 3 nitrogen and oxygen atoms in total. The Hall–Kier alpha value is -1.61. The van der Waals surface area contributed by atoms with Gasteiger partial charge in [0, 0.05) is 25.2 Å². The van der Waals surface area contributed by atoms with E-state index in [-0.39, 0.29) is 0 Å². The van der Waals surface area contributed by atoms with E-state index in [4.69, 9.17) is 11.6 Å². The highest BCUT2D eigenvalue weighted by molar-refractivity contribution is 6.29. The maximum atomic E-state index is 6.10. The first-order chi connectivity index (χ1) is 9.49. The summed E-state index contributed by atoms with van der Waals surface area (Å²) in [6, 6.07) is 8.25. The Balaban J connectivity index is 2.39. The van der Waals surface area contributed by atoms with Crippen LogP contribution in [-0.2, 0) is 6.42 Å². The summed E-state index contributed by atoms with van der Waals surface area (Å²) in [5, 5.41) is 0.495. The van der Waals surface area contributed by atoms with E-state index in [1.54, 1.807) is 6.07 Å². The van der Waals surface area contributed by atoms with Gasteiger partial charge in [-0.3, -0.25) is 0 Å². The highest BCUT2D eigenvalue weighted by Crippen LogP contribution is 2.25. The molecule has 1 aromatic heterocycles. The molecule has 0 fully saturated rings. The molecule has 0 bridgehead atoms. The lowest BCUT2D eigenvalue weighted by atomic mass is 10.1. The molecule has 0 N–H and O–H groups in total. The van der Waals surface area contributed by atoms with Gasteiger partial charge in [0.2, 0.25) is 0 Å². The van der Waals surface area contributed by atoms with Gasteiger partial charge in [-0.2, -0.15) is 0 Å². The molecule has 0 unspecified atom stereocenters. The summed E-state index contributed by atoms with van der Waals surface area (Å²) in [7, 11) is 2.00. The van der Waals surface area contributed by atoms with Gasteiger partial charge < -0.3 is 4.90 Å². The van der Waals surface area contributed by atoms with Crippen molar-refractivity contribution in [2.45, 2.75) is 33.6 Å². The minimum atomic E-state index is 0.495. The summed E-state index contributed by atoms with van der Waals surface area (Å²) in [5.74, 6) is 1.63. The number of aryl methyl sites for hydroxylation is 3. The third-order valence-electron chi connectivity index (χ3n) is 3.14. The molecule has 1 heterocycles. The Bertz CT molecular complexity index is 590. The molecule has 106 valence electrons. The summed E-state index contributed by atoms with van der Waals surface area (Å²) in [6.07, 6.45) is 1.85. The Kier molecular flexibility index (Phi) is 4.61. The molecule has 0 radical (unpaired) electrons. The topological polar surface area (TPSA) is 29.0 Å². The van der Waals surface area contributed by atoms with Crippen LogP contribution in [0.1, 0.15) is 30.3 Å². The minimum Gasteiger partial charge on any atom is -0.329 e. The summed E-state index contributed by atoms with van der Waals surface area (Å²) < 4.78 is 0. The predicted molar refractivity (Wildman–Crippen MR) is 85.0 cm³/mol. The van der Waals surface area contributed by atoms with Crippen LogP contribution in [0.15, 0.2) is 24.3 Å². The minimum absolute atomic E-state index is 0.495. The third-order valence-corrected chi connectivity index (χ3v) is 3.33. The Morgan fingerprint density at radius 1 is 1.05 bits per heavy atom. The SMILES string of the molecule is CCCc1nc(Cl)cc(N(C)c2cc(C)cc(C)c2)n1. The molecule has 0 saturated carbocycles. The maximum Gasteiger partial charge on any atom is 0.137 e. The van der Waals surface area contributed by atoms with Crippen molar-refractivity contribution in [2.24, 2.45) is 0 Å². The highest BCUT2D eigenvalue weighted by atomic mass is 35.5. The number of benzene rings is 1. The molecular weight excluding hydrogens is 270 g/mol. The average Bonchev–Trinajstić information content (AvgIpc) is 2.36. The van der Waals surface area contributed by atoms with Crippen molar-refractivity contribution >= 4 is 23.1 Å². The lowest BCUT2D eigenvalue weighted by Gasteiger charge is -2.20. The number of rotatable bonds is 4. The Morgan fingerprint density at radius 3 is 2.30 bits per heavy atom. The van der Waals surface area contributed by atoms with Crippen LogP contribution in [0.25, 0.3) is 0 Å². The second-order valence-corrected chi connectivity index (χ2v) is 5.51. The second kappa shape index (κ2) is 6.23. The zero-order chi connectivity index (χ0) is 14.7. The number of hydrogen-bond acceptors (Lipinski definition) is 3. The van der Waals surface area contributed by atoms with Gasteiger partial charge in [-0.1, -0.05) is 24.6 Å². The quantitative estimate of drug-likeness (QED) is 0.778. The van der Waals surface area contributed by atoms with Gasteiger partial charge in [0.25, 0.3) is 0 Å². The van der Waals surface area contributed by atoms with Crippen LogP contribution >= 0.6 is 11.6 Å². The lowest BCUT2D eigenvalue weighted by Crippen LogP contribution is -2.13. The van der Waals surface area contributed by atoms with Gasteiger partial charge in [-0.15, -0.1) is 0 Å². The molecule has 20 heavy (non-hydrogen) atoms. The van der Waals surface area contributed by atoms with E-state index < -0.39 is 0 Å². The maximum absolute atomic E-state index is 6.10. The molecule has 2 aromatic rings. The summed E-state index contributed by atoms with van der Waals surface area (Å²) in [4.78, 5) is 10.9. The van der Waals surface area contributed by atoms with E-state index in [1.165, 1.54) is 11.1 Å². The van der Waals surface area contributed by atoms with Gasteiger partial charge in [-0.25, -0.2) is 9.97 Å². The van der Waals surface area contributed by atoms with Gasteiger partial charge in [-0.05, 0) is 43.5 Å². The van der Waals surface area contributed by atoms with Crippen LogP contribution in [0.3, 0.4) is 0 Å². The monoisotopic (exact) mass is 289 g/mol. The Morgan fingerprint density at radius 2 is 1.70 bits per heavy atom. The van der Waals surface area contributed by atoms with Crippen LogP contribution in [0, 0.1) is 13.8 Å². The van der Waals surface area contributed by atoms with Crippen molar-refractivity contribution in [3.63, 3.8) is 0 Å². The fraction of sp³-hybridized carbons (Fsp3) is 0.375. The van der Waals surface area contributed by atoms with Crippen molar-refractivity contribution < 1.29 is 0 Å². The van der Waals surface area contributed by atoms with E-state index in [1.807, 2.05) is 11.9 Å². The number of anilines is 2. The van der Waals surface area contributed by atoms with Crippen LogP contribution in [0.2, 0.25) is 5.15 Å². The van der Waals surface area contributed by atoms with E-state index in [0.717, 1.165) is 30.2 Å². The summed E-state index contributed by atoms with van der Waals surface area (Å²) in [5.41, 5.74) is 3.58. The van der Waals surface area contributed by atoms with Gasteiger partial charge in [0.15, 0.2) is 0 Å². The number of hydrogen-bond donors (Lipinski definition) is 0. The van der Waals surface area contributed by atoms with Crippen LogP contribution in [0.5, 0.6) is 0 Å². The van der Waals surface area contributed by atoms with Crippen molar-refractivity contribution in [2.75, 3.05) is 11.9 Å². The fourth-order valence-electron chi connectivity index (χ4n) is 2.24. The smallest absolute Gasteiger partial charge is 0.137 e. The first kappa shape index (κ1) is 14.8. The van der Waals surface area contributed by atoms with Crippen molar-refractivity contribution in [3.8, 4) is 0 Å². The average molecular weight is 290 g/mol. The zero-order valence-electron chi connectivity index (χ0n) is 12.4. The first-order valence-electron chi connectivity index (χ1n) is 6.85. The van der Waals surface area contributed by atoms with Crippen molar-refractivity contribution in [3.05, 3.63) is 46.4 Å². The zero-order valence-corrected chi connectivity index (χ0v) is 13.2. The van der Waals surface area contributed by atoms with E-state index in [0.29, 0.717) is 5.15 Å². The van der Waals surface area contributed by atoms with E-state index >= 15 is 0 Å². The van der Waals surface area contributed by atoms with Gasteiger partial charge >= 0.3 is 0 Å². The van der Waals surface area contributed by atoms with Crippen LogP contribution < -0.4 is 4.90 Å². The number of aromatic nitrogens is 2. The van der Waals surface area contributed by atoms with Gasteiger partial charge in [0.05, 0.1) is 0 Å². The standard InChI is InChI=1S/C16H20ClN3/c1-5-6-15-18-14(17)10-16(19-15)20(4)13-8-11(2)7-12(3)9-13/h7-10H,5-6H2,1-4H3. The second-order valence-electron chi connectivity index (χ2n) is 5.12. The molecule has 4 heteroatoms. The molecule has 0 aliphatic heterocycles. The fourth-order valence-corrected chi connectivity index (χ4v) is 2.43.